The second-order valence-electron chi connectivity index (χ2n) is 6.80. The van der Waals surface area contributed by atoms with Gasteiger partial charge in [-0.15, -0.1) is 0 Å². The summed E-state index contributed by atoms with van der Waals surface area (Å²) >= 11 is 0. The van der Waals surface area contributed by atoms with Crippen molar-refractivity contribution in [2.24, 2.45) is 0 Å². The number of fused-ring (bicyclic) bond motifs is 2. The number of carbonyl (C=O) groups excluding carboxylic acids is 1. The average molecular weight is 320 g/mol. The molecule has 4 rings (SSSR count). The lowest BCUT2D eigenvalue weighted by Crippen LogP contribution is -2.30. The molecule has 0 spiro atoms. The van der Waals surface area contributed by atoms with Gasteiger partial charge in [0.1, 0.15) is 0 Å². The molecular weight excluding hydrogens is 300 g/mol. The molecular formula is C19H20N4O. The minimum Gasteiger partial charge on any atom is -0.310 e. The van der Waals surface area contributed by atoms with Crippen molar-refractivity contribution in [1.29, 1.82) is 0 Å². The highest BCUT2D eigenvalue weighted by molar-refractivity contribution is 6.06. The maximum atomic E-state index is 12.9. The van der Waals surface area contributed by atoms with Crippen LogP contribution >= 0.6 is 0 Å². The van der Waals surface area contributed by atoms with Crippen molar-refractivity contribution in [3.05, 3.63) is 59.4 Å². The largest absolute Gasteiger partial charge is 0.310 e. The number of benzene rings is 2. The monoisotopic (exact) mass is 320 g/mol. The summed E-state index contributed by atoms with van der Waals surface area (Å²) in [4.78, 5) is 14.6. The zero-order chi connectivity index (χ0) is 16.9. The first-order chi connectivity index (χ1) is 11.5. The van der Waals surface area contributed by atoms with E-state index in [0.29, 0.717) is 12.2 Å². The summed E-state index contributed by atoms with van der Waals surface area (Å²) in [6, 6.07) is 14.2. The fourth-order valence-corrected chi connectivity index (χ4v) is 3.29. The molecule has 1 aromatic heterocycles. The lowest BCUT2D eigenvalue weighted by atomic mass is 10.0. The van der Waals surface area contributed by atoms with E-state index in [-0.39, 0.29) is 11.4 Å². The molecule has 24 heavy (non-hydrogen) atoms. The highest BCUT2D eigenvalue weighted by Gasteiger charge is 2.36. The first kappa shape index (κ1) is 14.9. The summed E-state index contributed by atoms with van der Waals surface area (Å²) in [5.41, 5.74) is 3.15. The first-order valence-corrected chi connectivity index (χ1v) is 8.07. The van der Waals surface area contributed by atoms with E-state index >= 15 is 0 Å². The van der Waals surface area contributed by atoms with E-state index in [9.17, 15) is 4.79 Å². The molecule has 1 aliphatic rings. The molecule has 1 amide bonds. The van der Waals surface area contributed by atoms with Gasteiger partial charge in [-0.2, -0.15) is 5.10 Å². The van der Waals surface area contributed by atoms with Gasteiger partial charge in [-0.3, -0.25) is 9.89 Å². The van der Waals surface area contributed by atoms with Crippen LogP contribution in [-0.4, -0.2) is 23.2 Å². The number of amides is 1. The van der Waals surface area contributed by atoms with Crippen molar-refractivity contribution in [3.8, 4) is 0 Å². The van der Waals surface area contributed by atoms with Gasteiger partial charge in [0.25, 0.3) is 5.91 Å². The van der Waals surface area contributed by atoms with Crippen molar-refractivity contribution in [3.63, 3.8) is 0 Å². The zero-order valence-electron chi connectivity index (χ0n) is 14.1. The van der Waals surface area contributed by atoms with Gasteiger partial charge in [-0.05, 0) is 36.8 Å². The summed E-state index contributed by atoms with van der Waals surface area (Å²) in [7, 11) is 1.79. The number of nitrogens with zero attached hydrogens (tertiary/aromatic N) is 2. The Hall–Kier alpha value is -2.66. The maximum absolute atomic E-state index is 12.9. The van der Waals surface area contributed by atoms with Crippen molar-refractivity contribution in [1.82, 2.24) is 15.5 Å². The lowest BCUT2D eigenvalue weighted by Gasteiger charge is -2.17. The number of aromatic nitrogens is 2. The molecule has 0 aliphatic carbocycles. The van der Waals surface area contributed by atoms with Gasteiger partial charge in [0.05, 0.1) is 11.2 Å². The Morgan fingerprint density at radius 2 is 1.92 bits per heavy atom. The number of hydrogen-bond donors (Lipinski definition) is 2. The van der Waals surface area contributed by atoms with E-state index in [4.69, 9.17) is 0 Å². The van der Waals surface area contributed by atoms with Crippen molar-refractivity contribution in [2.45, 2.75) is 25.9 Å². The predicted molar refractivity (Wildman–Crippen MR) is 95.1 cm³/mol. The number of H-pyrrole nitrogens is 1. The highest BCUT2D eigenvalue weighted by Crippen LogP contribution is 2.31. The molecule has 0 bridgehead atoms. The van der Waals surface area contributed by atoms with Gasteiger partial charge in [-0.25, -0.2) is 0 Å². The van der Waals surface area contributed by atoms with Crippen LogP contribution in [0.3, 0.4) is 0 Å². The Kier molecular flexibility index (Phi) is 3.21. The minimum atomic E-state index is -0.178. The van der Waals surface area contributed by atoms with Crippen LogP contribution in [0.5, 0.6) is 0 Å². The fourth-order valence-electron chi connectivity index (χ4n) is 3.29. The Bertz CT molecular complexity index is 941. The van der Waals surface area contributed by atoms with Crippen molar-refractivity contribution < 1.29 is 4.79 Å². The van der Waals surface area contributed by atoms with E-state index in [2.05, 4.69) is 41.5 Å². The third kappa shape index (κ3) is 2.20. The highest BCUT2D eigenvalue weighted by atomic mass is 16.2. The molecule has 0 saturated carbocycles. The van der Waals surface area contributed by atoms with Gasteiger partial charge >= 0.3 is 0 Å². The van der Waals surface area contributed by atoms with Gasteiger partial charge in [-0.1, -0.05) is 30.3 Å². The van der Waals surface area contributed by atoms with E-state index < -0.39 is 0 Å². The van der Waals surface area contributed by atoms with Crippen LogP contribution in [0.15, 0.2) is 42.5 Å². The third-order valence-electron chi connectivity index (χ3n) is 4.83. The average Bonchev–Trinajstić information content (AvgIpc) is 3.14. The molecule has 3 aromatic rings. The van der Waals surface area contributed by atoms with Crippen LogP contribution in [0.2, 0.25) is 0 Å². The van der Waals surface area contributed by atoms with Gasteiger partial charge in [0, 0.05) is 24.8 Å². The number of carbonyl (C=O) groups is 1. The van der Waals surface area contributed by atoms with Gasteiger partial charge in [0.15, 0.2) is 5.69 Å². The van der Waals surface area contributed by atoms with Crippen molar-refractivity contribution >= 4 is 22.4 Å². The Labute approximate surface area is 140 Å². The van der Waals surface area contributed by atoms with Gasteiger partial charge < -0.3 is 10.2 Å². The van der Waals surface area contributed by atoms with E-state index in [1.54, 1.807) is 11.9 Å². The summed E-state index contributed by atoms with van der Waals surface area (Å²) < 4.78 is 0. The molecule has 2 heterocycles. The standard InChI is InChI=1S/C19H20N4O/c1-19(2)17-15(11-20-19)16(21-22-17)18(24)23(3)14-9-8-12-6-4-5-7-13(12)10-14/h4-10,20H,11H2,1-3H3,(H,21,22). The fraction of sp³-hybridized carbons (Fsp3) is 0.263. The Balaban J connectivity index is 1.69. The summed E-state index contributed by atoms with van der Waals surface area (Å²) in [6.45, 7) is 4.82. The zero-order valence-corrected chi connectivity index (χ0v) is 14.1. The predicted octanol–water partition coefficient (Wildman–Crippen LogP) is 3.18. The Morgan fingerprint density at radius 3 is 2.71 bits per heavy atom. The topological polar surface area (TPSA) is 61.0 Å². The number of nitrogens with one attached hydrogen (secondary N) is 2. The number of hydrogen-bond acceptors (Lipinski definition) is 3. The quantitative estimate of drug-likeness (QED) is 0.762. The third-order valence-corrected chi connectivity index (χ3v) is 4.83. The summed E-state index contributed by atoms with van der Waals surface area (Å²) in [6.07, 6.45) is 0. The first-order valence-electron chi connectivity index (χ1n) is 8.07. The smallest absolute Gasteiger partial charge is 0.278 e. The van der Waals surface area contributed by atoms with Crippen LogP contribution in [0.25, 0.3) is 10.8 Å². The van der Waals surface area contributed by atoms with E-state index in [1.807, 2.05) is 30.3 Å². The molecule has 0 unspecified atom stereocenters. The normalized spacial score (nSPS) is 15.5. The molecule has 2 N–H and O–H groups in total. The van der Waals surface area contributed by atoms with E-state index in [0.717, 1.165) is 27.7 Å². The van der Waals surface area contributed by atoms with Crippen LogP contribution in [-0.2, 0) is 12.1 Å². The van der Waals surface area contributed by atoms with Crippen LogP contribution < -0.4 is 10.2 Å². The molecule has 1 aliphatic heterocycles. The molecule has 5 heteroatoms. The molecule has 0 atom stereocenters. The molecule has 2 aromatic carbocycles. The summed E-state index contributed by atoms with van der Waals surface area (Å²) in [5, 5.41) is 13.0. The Morgan fingerprint density at radius 1 is 1.17 bits per heavy atom. The van der Waals surface area contributed by atoms with Crippen LogP contribution in [0.1, 0.15) is 35.6 Å². The second kappa shape index (κ2) is 5.18. The molecule has 0 radical (unpaired) electrons. The van der Waals surface area contributed by atoms with Gasteiger partial charge in [0.2, 0.25) is 0 Å². The van der Waals surface area contributed by atoms with Crippen LogP contribution in [0, 0.1) is 0 Å². The number of aromatic amines is 1. The molecule has 122 valence electrons. The molecule has 0 saturated heterocycles. The van der Waals surface area contributed by atoms with Crippen LogP contribution in [0.4, 0.5) is 5.69 Å². The maximum Gasteiger partial charge on any atom is 0.278 e. The molecule has 5 nitrogen and oxygen atoms in total. The SMILES string of the molecule is CN(C(=O)c1n[nH]c2c1CNC2(C)C)c1ccc2ccccc2c1. The number of rotatable bonds is 2. The number of anilines is 1. The summed E-state index contributed by atoms with van der Waals surface area (Å²) in [5.74, 6) is -0.0951. The minimum absolute atomic E-state index is 0.0951. The molecule has 0 fully saturated rings. The van der Waals surface area contributed by atoms with E-state index in [1.165, 1.54) is 0 Å². The lowest BCUT2D eigenvalue weighted by molar-refractivity contribution is 0.0987. The second-order valence-corrected chi connectivity index (χ2v) is 6.80. The van der Waals surface area contributed by atoms with Crippen molar-refractivity contribution in [2.75, 3.05) is 11.9 Å².